The van der Waals surface area contributed by atoms with Crippen LogP contribution in [0.5, 0.6) is 0 Å². The van der Waals surface area contributed by atoms with Gasteiger partial charge < -0.3 is 0 Å². The van der Waals surface area contributed by atoms with Crippen molar-refractivity contribution in [1.82, 2.24) is 0 Å². The molecule has 0 N–H and O–H groups in total. The molecule has 0 bridgehead atoms. The zero-order valence-electron chi connectivity index (χ0n) is 5.55. The molecular weight excluding hydrogens is 273 g/mol. The van der Waals surface area contributed by atoms with E-state index in [1.165, 1.54) is 0 Å². The fourth-order valence-corrected chi connectivity index (χ4v) is 1.88. The highest BCUT2D eigenvalue weighted by Gasteiger charge is 2.38. The van der Waals surface area contributed by atoms with E-state index in [0.717, 1.165) is 0 Å². The second kappa shape index (κ2) is 4.30. The predicted octanol–water partition coefficient (Wildman–Crippen LogP) is 4.55. The Labute approximate surface area is 96.0 Å². The summed E-state index contributed by atoms with van der Waals surface area (Å²) >= 11 is 33.6. The number of hydrogen-bond donors (Lipinski definition) is 0. The molecule has 0 saturated heterocycles. The van der Waals surface area contributed by atoms with Crippen LogP contribution in [0.25, 0.3) is 0 Å². The maximum atomic E-state index is 5.69. The first kappa shape index (κ1) is 12.7. The van der Waals surface area contributed by atoms with Crippen molar-refractivity contribution >= 4 is 69.6 Å². The average Bonchev–Trinajstić information content (AvgIpc) is 1.56. The van der Waals surface area contributed by atoms with Crippen molar-refractivity contribution < 1.29 is 0 Å². The summed E-state index contributed by atoms with van der Waals surface area (Å²) in [4.78, 5) is -0.914. The molecule has 0 amide bonds. The molecule has 0 aliphatic carbocycles. The molecule has 68 valence electrons. The van der Waals surface area contributed by atoms with E-state index in [-0.39, 0.29) is 6.42 Å². The van der Waals surface area contributed by atoms with Crippen molar-refractivity contribution in [3.63, 3.8) is 0 Å². The molecule has 0 saturated carbocycles. The van der Waals surface area contributed by atoms with Gasteiger partial charge in [-0.25, -0.2) is 0 Å². The molecule has 0 spiro atoms. The summed E-state index contributed by atoms with van der Waals surface area (Å²) in [5.41, 5.74) is 0. The van der Waals surface area contributed by atoms with Gasteiger partial charge in [-0.1, -0.05) is 23.2 Å². The first-order valence-electron chi connectivity index (χ1n) is 2.69. The Morgan fingerprint density at radius 1 is 1.09 bits per heavy atom. The second-order valence-corrected chi connectivity index (χ2v) is 6.81. The zero-order chi connectivity index (χ0) is 9.28. The molecular formula is C5H6Cl6. The molecule has 0 aliphatic heterocycles. The molecule has 6 heteroatoms. The van der Waals surface area contributed by atoms with Gasteiger partial charge in [-0.2, -0.15) is 0 Å². The number of hydrogen-bond acceptors (Lipinski definition) is 0. The third kappa shape index (κ3) is 5.90. The Bertz CT molecular complexity index is 123. The maximum absolute atomic E-state index is 5.69. The first-order valence-corrected chi connectivity index (χ1v) is 5.07. The van der Waals surface area contributed by atoms with E-state index in [1.54, 1.807) is 6.92 Å². The summed E-state index contributed by atoms with van der Waals surface area (Å²) in [6.45, 7) is 1.56. The van der Waals surface area contributed by atoms with Gasteiger partial charge >= 0.3 is 0 Å². The van der Waals surface area contributed by atoms with E-state index < -0.39 is 13.5 Å². The quantitative estimate of drug-likeness (QED) is 0.665. The molecule has 0 unspecified atom stereocenters. The fraction of sp³-hybridized carbons (Fsp3) is 1.00. The van der Waals surface area contributed by atoms with Crippen LogP contribution in [0.2, 0.25) is 0 Å². The summed E-state index contributed by atoms with van der Waals surface area (Å²) in [6.07, 6.45) is 0.101. The topological polar surface area (TPSA) is 0 Å². The molecule has 0 aliphatic rings. The molecule has 0 aromatic heterocycles. The lowest BCUT2D eigenvalue weighted by molar-refractivity contribution is 0.677. The van der Waals surface area contributed by atoms with Gasteiger partial charge in [0, 0.05) is 6.42 Å². The molecule has 0 radical (unpaired) electrons. The molecule has 11 heavy (non-hydrogen) atoms. The monoisotopic (exact) mass is 276 g/mol. The molecule has 0 rings (SSSR count). The van der Waals surface area contributed by atoms with E-state index in [4.69, 9.17) is 69.6 Å². The van der Waals surface area contributed by atoms with E-state index in [0.29, 0.717) is 0 Å². The number of alkyl halides is 6. The lowest BCUT2D eigenvalue weighted by atomic mass is 10.2. The highest BCUT2D eigenvalue weighted by molar-refractivity contribution is 6.60. The third-order valence-electron chi connectivity index (χ3n) is 0.865. The Morgan fingerprint density at radius 3 is 1.55 bits per heavy atom. The Kier molecular flexibility index (Phi) is 4.98. The van der Waals surface area contributed by atoms with Crippen molar-refractivity contribution in [2.75, 3.05) is 0 Å². The van der Waals surface area contributed by atoms with E-state index in [2.05, 4.69) is 0 Å². The van der Waals surface area contributed by atoms with Crippen LogP contribution in [0.4, 0.5) is 0 Å². The van der Waals surface area contributed by atoms with Crippen LogP contribution < -0.4 is 0 Å². The summed E-state index contributed by atoms with van der Waals surface area (Å²) in [5, 5.41) is 0. The zero-order valence-corrected chi connectivity index (χ0v) is 10.1. The molecule has 0 aromatic rings. The number of rotatable bonds is 3. The third-order valence-corrected chi connectivity index (χ3v) is 3.03. The molecule has 0 nitrogen and oxygen atoms in total. The van der Waals surface area contributed by atoms with Crippen LogP contribution in [-0.2, 0) is 0 Å². The molecule has 0 fully saturated rings. The lowest BCUT2D eigenvalue weighted by Gasteiger charge is -2.25. The highest BCUT2D eigenvalue weighted by Crippen LogP contribution is 2.42. The minimum Gasteiger partial charge on any atom is -0.102 e. The summed E-state index contributed by atoms with van der Waals surface area (Å²) in [7, 11) is 0. The Morgan fingerprint density at radius 2 is 1.45 bits per heavy atom. The minimum absolute atomic E-state index is 0.101. The number of halogens is 6. The van der Waals surface area contributed by atoms with Crippen molar-refractivity contribution in [2.45, 2.75) is 26.8 Å². The van der Waals surface area contributed by atoms with Crippen LogP contribution in [0.1, 0.15) is 13.3 Å². The van der Waals surface area contributed by atoms with Crippen molar-refractivity contribution in [1.29, 1.82) is 0 Å². The fourth-order valence-electron chi connectivity index (χ4n) is 0.491. The van der Waals surface area contributed by atoms with E-state index >= 15 is 0 Å². The summed E-state index contributed by atoms with van der Waals surface area (Å²) < 4.78 is -2.33. The maximum Gasteiger partial charge on any atom is 0.151 e. The van der Waals surface area contributed by atoms with Crippen molar-refractivity contribution in [2.24, 2.45) is 0 Å². The normalized spacial score (nSPS) is 14.2. The van der Waals surface area contributed by atoms with Crippen LogP contribution in [-0.4, -0.2) is 13.5 Å². The van der Waals surface area contributed by atoms with Crippen molar-refractivity contribution in [3.8, 4) is 0 Å². The molecule has 0 atom stereocenters. The van der Waals surface area contributed by atoms with Crippen molar-refractivity contribution in [3.05, 3.63) is 0 Å². The SMILES string of the molecule is CC(Cl)(Cl)CC(Cl)(Cl)C(Cl)Cl. The van der Waals surface area contributed by atoms with Gasteiger partial charge in [0.25, 0.3) is 0 Å². The van der Waals surface area contributed by atoms with Gasteiger partial charge in [-0.05, 0) is 6.92 Å². The average molecular weight is 279 g/mol. The van der Waals surface area contributed by atoms with Crippen LogP contribution in [0.15, 0.2) is 0 Å². The second-order valence-electron chi connectivity index (χ2n) is 2.31. The van der Waals surface area contributed by atoms with Gasteiger partial charge in [0.05, 0.1) is 0 Å². The Hall–Kier alpha value is 1.74. The van der Waals surface area contributed by atoms with Gasteiger partial charge in [-0.3, -0.25) is 0 Å². The first-order chi connectivity index (χ1) is 4.65. The predicted molar refractivity (Wildman–Crippen MR) is 54.7 cm³/mol. The lowest BCUT2D eigenvalue weighted by Crippen LogP contribution is -2.29. The molecule has 0 aromatic carbocycles. The van der Waals surface area contributed by atoms with Gasteiger partial charge in [0.15, 0.2) is 4.33 Å². The highest BCUT2D eigenvalue weighted by atomic mass is 35.5. The van der Waals surface area contributed by atoms with Gasteiger partial charge in [0.1, 0.15) is 9.17 Å². The van der Waals surface area contributed by atoms with Crippen LogP contribution in [0, 0.1) is 0 Å². The van der Waals surface area contributed by atoms with Gasteiger partial charge in [-0.15, -0.1) is 46.4 Å². The molecule has 0 heterocycles. The van der Waals surface area contributed by atoms with E-state index in [1.807, 2.05) is 0 Å². The summed E-state index contributed by atoms with van der Waals surface area (Å²) in [5.74, 6) is 0. The van der Waals surface area contributed by atoms with Crippen LogP contribution >= 0.6 is 69.6 Å². The van der Waals surface area contributed by atoms with Gasteiger partial charge in [0.2, 0.25) is 0 Å². The Balaban J connectivity index is 4.13. The standard InChI is InChI=1S/C5H6Cl6/c1-4(8,9)2-5(10,11)3(6)7/h3H,2H2,1H3. The summed E-state index contributed by atoms with van der Waals surface area (Å²) in [6, 6.07) is 0. The smallest absolute Gasteiger partial charge is 0.102 e. The minimum atomic E-state index is -1.30. The van der Waals surface area contributed by atoms with E-state index in [9.17, 15) is 0 Å². The largest absolute Gasteiger partial charge is 0.151 e. The van der Waals surface area contributed by atoms with Crippen LogP contribution in [0.3, 0.4) is 0 Å².